The van der Waals surface area contributed by atoms with Gasteiger partial charge in [-0.2, -0.15) is 0 Å². The van der Waals surface area contributed by atoms with Crippen molar-refractivity contribution in [3.8, 4) is 17.2 Å². The first-order chi connectivity index (χ1) is 14.9. The molecular formula is C24H30N2O5. The molecule has 2 amide bonds. The van der Waals surface area contributed by atoms with Crippen LogP contribution in [0.25, 0.3) is 0 Å². The van der Waals surface area contributed by atoms with E-state index in [1.165, 1.54) is 0 Å². The van der Waals surface area contributed by atoms with Gasteiger partial charge in [0.2, 0.25) is 17.6 Å². The number of carbonyl (C=O) groups is 2. The summed E-state index contributed by atoms with van der Waals surface area (Å²) in [5.41, 5.74) is 1.02. The highest BCUT2D eigenvalue weighted by atomic mass is 16.5. The third kappa shape index (κ3) is 4.60. The van der Waals surface area contributed by atoms with Crippen LogP contribution in [0.5, 0.6) is 17.2 Å². The van der Waals surface area contributed by atoms with Gasteiger partial charge in [-0.1, -0.05) is 36.4 Å². The Morgan fingerprint density at radius 3 is 2.39 bits per heavy atom. The van der Waals surface area contributed by atoms with Gasteiger partial charge in [-0.3, -0.25) is 9.59 Å². The summed E-state index contributed by atoms with van der Waals surface area (Å²) < 4.78 is 16.3. The molecule has 0 spiro atoms. The van der Waals surface area contributed by atoms with E-state index in [1.807, 2.05) is 49.4 Å². The predicted octanol–water partition coefficient (Wildman–Crippen LogP) is 2.95. The first-order valence-electron chi connectivity index (χ1n) is 10.3. The van der Waals surface area contributed by atoms with Gasteiger partial charge in [0.25, 0.3) is 0 Å². The van der Waals surface area contributed by atoms with Gasteiger partial charge in [-0.05, 0) is 31.4 Å². The van der Waals surface area contributed by atoms with E-state index in [4.69, 9.17) is 14.2 Å². The topological polar surface area (TPSA) is 77.1 Å². The fourth-order valence-electron chi connectivity index (χ4n) is 4.06. The van der Waals surface area contributed by atoms with Crippen LogP contribution in [0.1, 0.15) is 30.9 Å². The van der Waals surface area contributed by atoms with Crippen molar-refractivity contribution >= 4 is 11.8 Å². The predicted molar refractivity (Wildman–Crippen MR) is 117 cm³/mol. The maximum Gasteiger partial charge on any atom is 0.245 e. The number of nitrogens with zero attached hydrogens (tertiary/aromatic N) is 1. The maximum atomic E-state index is 13.0. The third-order valence-electron chi connectivity index (χ3n) is 5.90. The number of methoxy groups -OCH3 is 3. The van der Waals surface area contributed by atoms with Gasteiger partial charge in [0.05, 0.1) is 21.3 Å². The van der Waals surface area contributed by atoms with Crippen molar-refractivity contribution in [1.29, 1.82) is 0 Å². The maximum absolute atomic E-state index is 13.0. The molecule has 2 aromatic rings. The fourth-order valence-corrected chi connectivity index (χ4v) is 4.06. The standard InChI is InChI=1S/C24H30N2O5/c1-24(23(28)25-16-17-8-6-5-7-9-17)14-12-20(27)26(24)15-13-18-10-11-19(29-2)22(31-4)21(18)30-3/h5-11H,12-16H2,1-4H3,(H,25,28). The largest absolute Gasteiger partial charge is 0.493 e. The molecule has 1 saturated heterocycles. The smallest absolute Gasteiger partial charge is 0.245 e. The van der Waals surface area contributed by atoms with Crippen LogP contribution in [0.2, 0.25) is 0 Å². The van der Waals surface area contributed by atoms with Gasteiger partial charge < -0.3 is 24.4 Å². The molecule has 0 radical (unpaired) electrons. The van der Waals surface area contributed by atoms with Crippen LogP contribution >= 0.6 is 0 Å². The summed E-state index contributed by atoms with van der Waals surface area (Å²) in [7, 11) is 4.70. The lowest BCUT2D eigenvalue weighted by Gasteiger charge is -2.34. The molecule has 2 aromatic carbocycles. The second-order valence-corrected chi connectivity index (χ2v) is 7.73. The monoisotopic (exact) mass is 426 g/mol. The van der Waals surface area contributed by atoms with E-state index in [0.29, 0.717) is 49.6 Å². The number of benzene rings is 2. The molecule has 0 bridgehead atoms. The normalized spacial score (nSPS) is 18.1. The molecule has 1 N–H and O–H groups in total. The highest BCUT2D eigenvalue weighted by Crippen LogP contribution is 2.40. The molecule has 0 saturated carbocycles. The molecule has 7 nitrogen and oxygen atoms in total. The van der Waals surface area contributed by atoms with Crippen LogP contribution in [0.3, 0.4) is 0 Å². The van der Waals surface area contributed by atoms with Crippen molar-refractivity contribution in [3.63, 3.8) is 0 Å². The van der Waals surface area contributed by atoms with Crippen LogP contribution in [0.15, 0.2) is 42.5 Å². The molecule has 1 atom stereocenters. The number of likely N-dealkylation sites (tertiary alicyclic amines) is 1. The molecule has 1 fully saturated rings. The Hall–Kier alpha value is -3.22. The molecule has 7 heteroatoms. The number of carbonyl (C=O) groups excluding carboxylic acids is 2. The van der Waals surface area contributed by atoms with E-state index in [-0.39, 0.29) is 11.8 Å². The second-order valence-electron chi connectivity index (χ2n) is 7.73. The van der Waals surface area contributed by atoms with Crippen molar-refractivity contribution in [1.82, 2.24) is 10.2 Å². The molecular weight excluding hydrogens is 396 g/mol. The van der Waals surface area contributed by atoms with E-state index in [2.05, 4.69) is 5.32 Å². The summed E-state index contributed by atoms with van der Waals surface area (Å²) in [6.07, 6.45) is 1.38. The van der Waals surface area contributed by atoms with Gasteiger partial charge >= 0.3 is 0 Å². The zero-order valence-electron chi connectivity index (χ0n) is 18.6. The quantitative estimate of drug-likeness (QED) is 0.667. The summed E-state index contributed by atoms with van der Waals surface area (Å²) in [4.78, 5) is 27.4. The average molecular weight is 427 g/mol. The Morgan fingerprint density at radius 2 is 1.74 bits per heavy atom. The van der Waals surface area contributed by atoms with Gasteiger partial charge in [0, 0.05) is 25.1 Å². The van der Waals surface area contributed by atoms with Gasteiger partial charge in [0.15, 0.2) is 11.5 Å². The van der Waals surface area contributed by atoms with Gasteiger partial charge in [-0.15, -0.1) is 0 Å². The summed E-state index contributed by atoms with van der Waals surface area (Å²) in [5, 5.41) is 2.99. The Morgan fingerprint density at radius 1 is 1.03 bits per heavy atom. The number of amides is 2. The highest BCUT2D eigenvalue weighted by Gasteiger charge is 2.46. The Labute approximate surface area is 183 Å². The highest BCUT2D eigenvalue weighted by molar-refractivity contribution is 5.94. The van der Waals surface area contributed by atoms with Crippen LogP contribution in [0, 0.1) is 0 Å². The van der Waals surface area contributed by atoms with Gasteiger partial charge in [-0.25, -0.2) is 0 Å². The van der Waals surface area contributed by atoms with E-state index in [0.717, 1.165) is 11.1 Å². The lowest BCUT2D eigenvalue weighted by atomic mass is 9.96. The van der Waals surface area contributed by atoms with Crippen molar-refractivity contribution in [3.05, 3.63) is 53.6 Å². The molecule has 3 rings (SSSR count). The Bertz CT molecular complexity index is 931. The Balaban J connectivity index is 1.74. The zero-order valence-corrected chi connectivity index (χ0v) is 18.6. The molecule has 1 heterocycles. The molecule has 0 aliphatic carbocycles. The minimum atomic E-state index is -0.879. The molecule has 31 heavy (non-hydrogen) atoms. The van der Waals surface area contributed by atoms with Crippen LogP contribution in [-0.4, -0.2) is 50.1 Å². The number of hydrogen-bond acceptors (Lipinski definition) is 5. The minimum Gasteiger partial charge on any atom is -0.493 e. The number of nitrogens with one attached hydrogen (secondary N) is 1. The van der Waals surface area contributed by atoms with Crippen molar-refractivity contribution in [2.24, 2.45) is 0 Å². The lowest BCUT2D eigenvalue weighted by Crippen LogP contribution is -2.54. The number of ether oxygens (including phenoxy) is 3. The summed E-state index contributed by atoms with van der Waals surface area (Å²) in [5.74, 6) is 1.51. The number of rotatable bonds is 9. The minimum absolute atomic E-state index is 0.0168. The first kappa shape index (κ1) is 22.5. The van der Waals surface area contributed by atoms with Gasteiger partial charge in [0.1, 0.15) is 5.54 Å². The Kier molecular flexibility index (Phi) is 7.05. The summed E-state index contributed by atoms with van der Waals surface area (Å²) in [6.45, 7) is 2.67. The van der Waals surface area contributed by atoms with E-state index in [1.54, 1.807) is 26.2 Å². The van der Waals surface area contributed by atoms with E-state index >= 15 is 0 Å². The molecule has 1 aliphatic heterocycles. The van der Waals surface area contributed by atoms with Crippen LogP contribution in [-0.2, 0) is 22.6 Å². The summed E-state index contributed by atoms with van der Waals surface area (Å²) >= 11 is 0. The lowest BCUT2D eigenvalue weighted by molar-refractivity contribution is -0.140. The summed E-state index contributed by atoms with van der Waals surface area (Å²) in [6, 6.07) is 13.4. The molecule has 0 aromatic heterocycles. The third-order valence-corrected chi connectivity index (χ3v) is 5.90. The number of hydrogen-bond donors (Lipinski definition) is 1. The average Bonchev–Trinajstić information content (AvgIpc) is 3.10. The van der Waals surface area contributed by atoms with E-state index in [9.17, 15) is 9.59 Å². The van der Waals surface area contributed by atoms with Crippen molar-refractivity contribution in [2.45, 2.75) is 38.3 Å². The second kappa shape index (κ2) is 9.73. The SMILES string of the molecule is COc1ccc(CCN2C(=O)CCC2(C)C(=O)NCc2ccccc2)c(OC)c1OC. The van der Waals surface area contributed by atoms with E-state index < -0.39 is 5.54 Å². The zero-order chi connectivity index (χ0) is 22.4. The fraction of sp³-hybridized carbons (Fsp3) is 0.417. The first-order valence-corrected chi connectivity index (χ1v) is 10.3. The molecule has 1 aliphatic rings. The van der Waals surface area contributed by atoms with Crippen molar-refractivity contribution in [2.75, 3.05) is 27.9 Å². The van der Waals surface area contributed by atoms with Crippen molar-refractivity contribution < 1.29 is 23.8 Å². The van der Waals surface area contributed by atoms with Crippen LogP contribution in [0.4, 0.5) is 0 Å². The van der Waals surface area contributed by atoms with Crippen LogP contribution < -0.4 is 19.5 Å². The molecule has 1 unspecified atom stereocenters. The molecule has 166 valence electrons.